The third-order valence-corrected chi connectivity index (χ3v) is 2.68. The Morgan fingerprint density at radius 1 is 1.26 bits per heavy atom. The quantitative estimate of drug-likeness (QED) is 0.236. The number of nitrogens with zero attached hydrogens (tertiary/aromatic N) is 2. The summed E-state index contributed by atoms with van der Waals surface area (Å²) >= 11 is 0. The van der Waals surface area contributed by atoms with Crippen molar-refractivity contribution in [2.24, 2.45) is 10.9 Å². The van der Waals surface area contributed by atoms with Crippen molar-refractivity contribution in [3.8, 4) is 0 Å². The van der Waals surface area contributed by atoms with Crippen LogP contribution in [-0.2, 0) is 6.54 Å². The van der Waals surface area contributed by atoms with Gasteiger partial charge in [0.15, 0.2) is 5.84 Å². The van der Waals surface area contributed by atoms with Crippen LogP contribution in [0.3, 0.4) is 0 Å². The zero-order valence-corrected chi connectivity index (χ0v) is 10.5. The molecule has 0 aliphatic heterocycles. The molecule has 1 rings (SSSR count). The maximum Gasteiger partial charge on any atom is 0.170 e. The number of benzene rings is 1. The fourth-order valence-electron chi connectivity index (χ4n) is 1.77. The summed E-state index contributed by atoms with van der Waals surface area (Å²) in [5.41, 5.74) is 6.45. The zero-order valence-electron chi connectivity index (χ0n) is 10.5. The third-order valence-electron chi connectivity index (χ3n) is 2.68. The highest BCUT2D eigenvalue weighted by atomic mass is 19.1. The fraction of sp³-hybridized carbons (Fsp3) is 0.417. The lowest BCUT2D eigenvalue weighted by Gasteiger charge is -2.21. The van der Waals surface area contributed by atoms with Gasteiger partial charge in [0.2, 0.25) is 0 Å². The van der Waals surface area contributed by atoms with Gasteiger partial charge < -0.3 is 21.2 Å². The van der Waals surface area contributed by atoms with Gasteiger partial charge in [0.25, 0.3) is 0 Å². The molecule has 0 fully saturated rings. The molecule has 0 saturated carbocycles. The van der Waals surface area contributed by atoms with E-state index in [1.54, 1.807) is 4.90 Å². The van der Waals surface area contributed by atoms with E-state index in [1.807, 2.05) is 0 Å². The van der Waals surface area contributed by atoms with Crippen molar-refractivity contribution >= 4 is 5.84 Å². The molecule has 0 bridgehead atoms. The molecule has 0 saturated heterocycles. The number of rotatable bonds is 7. The number of halogens is 1. The summed E-state index contributed by atoms with van der Waals surface area (Å²) < 4.78 is 13.2. The normalized spacial score (nSPS) is 12.1. The molecule has 1 aromatic rings. The standard InChI is InChI=1S/C12H18FN3O3/c13-10-2-1-9(11(7-10)12(14)15-19)8-16(3-5-17)4-6-18/h1-2,7,17-19H,3-6,8H2,(H2,14,15). The van der Waals surface area contributed by atoms with Crippen LogP contribution in [0.25, 0.3) is 0 Å². The highest BCUT2D eigenvalue weighted by Crippen LogP contribution is 2.14. The van der Waals surface area contributed by atoms with Crippen molar-refractivity contribution in [1.29, 1.82) is 0 Å². The Labute approximate surface area is 110 Å². The number of hydrogen-bond acceptors (Lipinski definition) is 5. The van der Waals surface area contributed by atoms with Crippen molar-refractivity contribution < 1.29 is 19.8 Å². The van der Waals surface area contributed by atoms with Crippen LogP contribution < -0.4 is 5.73 Å². The Morgan fingerprint density at radius 3 is 2.42 bits per heavy atom. The van der Waals surface area contributed by atoms with Crippen molar-refractivity contribution in [1.82, 2.24) is 4.90 Å². The lowest BCUT2D eigenvalue weighted by molar-refractivity contribution is 0.156. The predicted octanol–water partition coefficient (Wildman–Crippen LogP) is -0.293. The monoisotopic (exact) mass is 271 g/mol. The highest BCUT2D eigenvalue weighted by Gasteiger charge is 2.12. The van der Waals surface area contributed by atoms with Crippen molar-refractivity contribution in [2.45, 2.75) is 6.54 Å². The maximum absolute atomic E-state index is 13.2. The average Bonchev–Trinajstić information content (AvgIpc) is 2.40. The summed E-state index contributed by atoms with van der Waals surface area (Å²) in [5, 5.41) is 29.4. The smallest absolute Gasteiger partial charge is 0.170 e. The minimum Gasteiger partial charge on any atom is -0.409 e. The Kier molecular flexibility index (Phi) is 6.20. The topological polar surface area (TPSA) is 102 Å². The predicted molar refractivity (Wildman–Crippen MR) is 68.4 cm³/mol. The summed E-state index contributed by atoms with van der Waals surface area (Å²) in [7, 11) is 0. The molecule has 0 aliphatic rings. The van der Waals surface area contributed by atoms with Crippen molar-refractivity contribution in [2.75, 3.05) is 26.3 Å². The number of hydrogen-bond donors (Lipinski definition) is 4. The van der Waals surface area contributed by atoms with Crippen LogP contribution >= 0.6 is 0 Å². The molecule has 19 heavy (non-hydrogen) atoms. The molecule has 0 aromatic heterocycles. The second-order valence-electron chi connectivity index (χ2n) is 4.01. The van der Waals surface area contributed by atoms with E-state index in [4.69, 9.17) is 21.2 Å². The summed E-state index contributed by atoms with van der Waals surface area (Å²) in [5.74, 6) is -0.663. The van der Waals surface area contributed by atoms with E-state index in [1.165, 1.54) is 18.2 Å². The van der Waals surface area contributed by atoms with Crippen molar-refractivity contribution in [3.63, 3.8) is 0 Å². The molecule has 1 aromatic carbocycles. The highest BCUT2D eigenvalue weighted by molar-refractivity contribution is 5.98. The summed E-state index contributed by atoms with van der Waals surface area (Å²) in [6.45, 7) is 0.980. The van der Waals surface area contributed by atoms with Crippen LogP contribution in [-0.4, -0.2) is 52.5 Å². The second-order valence-corrected chi connectivity index (χ2v) is 4.01. The number of amidine groups is 1. The van der Waals surface area contributed by atoms with Crippen LogP contribution in [0.5, 0.6) is 0 Å². The molecule has 0 aliphatic carbocycles. The lowest BCUT2D eigenvalue weighted by Crippen LogP contribution is -2.30. The van der Waals surface area contributed by atoms with Gasteiger partial charge in [-0.1, -0.05) is 11.2 Å². The third kappa shape index (κ3) is 4.47. The number of oxime groups is 1. The van der Waals surface area contributed by atoms with Crippen LogP contribution in [0.2, 0.25) is 0 Å². The Bertz CT molecular complexity index is 434. The first-order valence-corrected chi connectivity index (χ1v) is 5.82. The van der Waals surface area contributed by atoms with Crippen LogP contribution in [0.1, 0.15) is 11.1 Å². The first kappa shape index (κ1) is 15.4. The van der Waals surface area contributed by atoms with E-state index in [-0.39, 0.29) is 19.0 Å². The minimum absolute atomic E-state index is 0.0555. The molecular weight excluding hydrogens is 253 g/mol. The SMILES string of the molecule is NC(=NO)c1cc(F)ccc1CN(CCO)CCO. The largest absolute Gasteiger partial charge is 0.409 e. The Morgan fingerprint density at radius 2 is 1.89 bits per heavy atom. The van der Waals surface area contributed by atoms with Gasteiger partial charge in [0, 0.05) is 25.2 Å². The number of aliphatic hydroxyl groups is 2. The fourth-order valence-corrected chi connectivity index (χ4v) is 1.77. The van der Waals surface area contributed by atoms with Crippen LogP contribution in [0.4, 0.5) is 4.39 Å². The zero-order chi connectivity index (χ0) is 14.3. The molecule has 0 radical (unpaired) electrons. The van der Waals surface area contributed by atoms with Gasteiger partial charge in [0.1, 0.15) is 5.82 Å². The molecule has 6 nitrogen and oxygen atoms in total. The van der Waals surface area contributed by atoms with Gasteiger partial charge in [-0.25, -0.2) is 4.39 Å². The van der Waals surface area contributed by atoms with E-state index in [0.717, 1.165) is 0 Å². The molecule has 0 spiro atoms. The Balaban J connectivity index is 2.98. The van der Waals surface area contributed by atoms with Gasteiger partial charge in [-0.15, -0.1) is 0 Å². The van der Waals surface area contributed by atoms with E-state index in [0.29, 0.717) is 30.8 Å². The van der Waals surface area contributed by atoms with Crippen molar-refractivity contribution in [3.05, 3.63) is 35.1 Å². The lowest BCUT2D eigenvalue weighted by atomic mass is 10.1. The molecule has 0 heterocycles. The molecule has 0 atom stereocenters. The second kappa shape index (κ2) is 7.67. The van der Waals surface area contributed by atoms with Crippen LogP contribution in [0, 0.1) is 5.82 Å². The van der Waals surface area contributed by atoms with Crippen LogP contribution in [0.15, 0.2) is 23.4 Å². The van der Waals surface area contributed by atoms with Gasteiger partial charge in [0.05, 0.1) is 13.2 Å². The Hall–Kier alpha value is -1.70. The molecular formula is C12H18FN3O3. The summed E-state index contributed by atoms with van der Waals surface area (Å²) in [6, 6.07) is 3.99. The summed E-state index contributed by atoms with van der Waals surface area (Å²) in [4.78, 5) is 1.78. The number of nitrogens with two attached hydrogens (primary N) is 1. The molecule has 5 N–H and O–H groups in total. The van der Waals surface area contributed by atoms with Gasteiger partial charge in [-0.2, -0.15) is 0 Å². The molecule has 0 unspecified atom stereocenters. The van der Waals surface area contributed by atoms with Gasteiger partial charge >= 0.3 is 0 Å². The first-order valence-electron chi connectivity index (χ1n) is 5.82. The van der Waals surface area contributed by atoms with E-state index in [2.05, 4.69) is 5.16 Å². The number of aliphatic hydroxyl groups excluding tert-OH is 2. The first-order chi connectivity index (χ1) is 9.12. The van der Waals surface area contributed by atoms with E-state index >= 15 is 0 Å². The molecule has 0 amide bonds. The van der Waals surface area contributed by atoms with E-state index in [9.17, 15) is 4.39 Å². The average molecular weight is 271 g/mol. The summed E-state index contributed by atoms with van der Waals surface area (Å²) in [6.07, 6.45) is 0. The van der Waals surface area contributed by atoms with E-state index < -0.39 is 5.82 Å². The minimum atomic E-state index is -0.485. The maximum atomic E-state index is 13.2. The molecule has 106 valence electrons. The van der Waals surface area contributed by atoms with Gasteiger partial charge in [-0.05, 0) is 17.7 Å². The molecule has 7 heteroatoms. The van der Waals surface area contributed by atoms with Gasteiger partial charge in [-0.3, -0.25) is 4.90 Å².